The standard InChI is InChI=1S/C26H21N5O9S3.3Na/c27-19-5-3-17(25(15-19)42(35,36)37)1-2-18-4-6-23(16-26(18)43(38,39)40)31-30-21-9-7-20(8-10-21)28-29-22-11-13-24(14-12-22)41(32,33)34;;;/h1-16H,27H2,(H,32,33,34)(H,35,36,37)(H,38,39,40);;;/q;3*+1/p-3/b2-1+,29-28?,31-30?;;;. The summed E-state index contributed by atoms with van der Waals surface area (Å²) < 4.78 is 104. The van der Waals surface area contributed by atoms with Crippen LogP contribution in [0, 0.1) is 0 Å². The van der Waals surface area contributed by atoms with Crippen molar-refractivity contribution in [1.82, 2.24) is 0 Å². The smallest absolute Gasteiger partial charge is 0.744 e. The molecule has 0 radical (unpaired) electrons. The summed E-state index contributed by atoms with van der Waals surface area (Å²) in [6.45, 7) is 0. The quantitative estimate of drug-likeness (QED) is 0.0580. The third-order valence-corrected chi connectivity index (χ3v) is 8.19. The van der Waals surface area contributed by atoms with E-state index in [9.17, 15) is 38.9 Å². The van der Waals surface area contributed by atoms with Gasteiger partial charge in [0, 0.05) is 5.69 Å². The Morgan fingerprint density at radius 3 is 1.24 bits per heavy atom. The minimum Gasteiger partial charge on any atom is -0.744 e. The van der Waals surface area contributed by atoms with E-state index in [0.29, 0.717) is 17.1 Å². The van der Waals surface area contributed by atoms with E-state index in [1.165, 1.54) is 60.7 Å². The maximum atomic E-state index is 11.9. The molecule has 0 heterocycles. The average molecular weight is 710 g/mol. The van der Waals surface area contributed by atoms with E-state index in [-0.39, 0.29) is 111 Å². The SMILES string of the molecule is Nc1ccc(/C=C/c2ccc(N=Nc3ccc(N=Nc4ccc(S(=O)(=O)[O-])cc4)cc3)cc2S(=O)(=O)[O-])c(S(=O)(=O)[O-])c1.[Na+].[Na+].[Na+]. The van der Waals surface area contributed by atoms with Crippen molar-refractivity contribution in [1.29, 1.82) is 0 Å². The Bertz CT molecular complexity index is 2110. The minimum absolute atomic E-state index is 0. The van der Waals surface area contributed by atoms with Crippen LogP contribution in [0.4, 0.5) is 28.4 Å². The van der Waals surface area contributed by atoms with Gasteiger partial charge in [-0.15, -0.1) is 0 Å². The number of nitrogens with zero attached hydrogens (tertiary/aromatic N) is 4. The summed E-state index contributed by atoms with van der Waals surface area (Å²) in [6, 6.07) is 18.2. The van der Waals surface area contributed by atoms with Crippen LogP contribution >= 0.6 is 0 Å². The monoisotopic (exact) mass is 709 g/mol. The van der Waals surface area contributed by atoms with Crippen LogP contribution < -0.4 is 94.4 Å². The second kappa shape index (κ2) is 17.7. The zero-order valence-electron chi connectivity index (χ0n) is 24.5. The van der Waals surface area contributed by atoms with Gasteiger partial charge >= 0.3 is 88.7 Å². The molecule has 0 saturated heterocycles. The molecule has 0 aliphatic rings. The number of hydrogen-bond acceptors (Lipinski definition) is 14. The molecular formula is C26H18N5Na3O9S3. The number of nitrogens with two attached hydrogens (primary N) is 1. The van der Waals surface area contributed by atoms with Crippen LogP contribution in [0.15, 0.2) is 120 Å². The second-order valence-electron chi connectivity index (χ2n) is 8.63. The molecule has 0 spiro atoms. The van der Waals surface area contributed by atoms with Gasteiger partial charge in [0.05, 0.1) is 37.4 Å². The Balaban J connectivity index is 0.00000353. The van der Waals surface area contributed by atoms with Crippen molar-refractivity contribution >= 4 is 70.9 Å². The third-order valence-electron chi connectivity index (χ3n) is 5.55. The van der Waals surface area contributed by atoms with Crippen LogP contribution in [0.5, 0.6) is 0 Å². The summed E-state index contributed by atoms with van der Waals surface area (Å²) in [6.07, 6.45) is 2.33. The van der Waals surface area contributed by atoms with Gasteiger partial charge in [0.15, 0.2) is 0 Å². The Hall–Kier alpha value is -1.65. The molecule has 4 rings (SSSR count). The zero-order valence-corrected chi connectivity index (χ0v) is 33.0. The summed E-state index contributed by atoms with van der Waals surface area (Å²) >= 11 is 0. The van der Waals surface area contributed by atoms with Gasteiger partial charge in [-0.2, -0.15) is 20.5 Å². The van der Waals surface area contributed by atoms with Crippen molar-refractivity contribution in [3.63, 3.8) is 0 Å². The molecule has 0 aromatic heterocycles. The fourth-order valence-electron chi connectivity index (χ4n) is 3.52. The van der Waals surface area contributed by atoms with Crippen LogP contribution in [0.25, 0.3) is 12.2 Å². The van der Waals surface area contributed by atoms with Crippen LogP contribution in [0.2, 0.25) is 0 Å². The van der Waals surface area contributed by atoms with Crippen molar-refractivity contribution in [3.05, 3.63) is 96.1 Å². The predicted molar refractivity (Wildman–Crippen MR) is 151 cm³/mol. The maximum Gasteiger partial charge on any atom is 1.00 e. The molecule has 0 unspecified atom stereocenters. The van der Waals surface area contributed by atoms with Crippen molar-refractivity contribution in [2.24, 2.45) is 20.5 Å². The van der Waals surface area contributed by atoms with Crippen molar-refractivity contribution < 1.29 is 128 Å². The van der Waals surface area contributed by atoms with Gasteiger partial charge in [-0.25, -0.2) is 25.3 Å². The predicted octanol–water partition coefficient (Wildman–Crippen LogP) is -4.01. The normalized spacial score (nSPS) is 12.1. The molecule has 2 N–H and O–H groups in total. The fraction of sp³-hybridized carbons (Fsp3) is 0. The van der Waals surface area contributed by atoms with Gasteiger partial charge < -0.3 is 19.4 Å². The largest absolute Gasteiger partial charge is 1.00 e. The van der Waals surface area contributed by atoms with Gasteiger partial charge in [-0.3, -0.25) is 0 Å². The summed E-state index contributed by atoms with van der Waals surface area (Å²) in [5, 5.41) is 15.9. The molecule has 222 valence electrons. The summed E-state index contributed by atoms with van der Waals surface area (Å²) in [4.78, 5) is -1.66. The molecule has 0 amide bonds. The molecule has 46 heavy (non-hydrogen) atoms. The van der Waals surface area contributed by atoms with Gasteiger partial charge in [0.1, 0.15) is 30.4 Å². The van der Waals surface area contributed by atoms with E-state index >= 15 is 0 Å². The molecule has 4 aromatic rings. The van der Waals surface area contributed by atoms with Crippen LogP contribution in [-0.4, -0.2) is 38.9 Å². The molecule has 4 aromatic carbocycles. The molecule has 0 saturated carbocycles. The molecular weight excluding hydrogens is 691 g/mol. The van der Waals surface area contributed by atoms with Gasteiger partial charge in [0.2, 0.25) is 0 Å². The summed E-state index contributed by atoms with van der Waals surface area (Å²) in [5.41, 5.74) is 6.53. The number of benzene rings is 4. The maximum absolute atomic E-state index is 11.9. The van der Waals surface area contributed by atoms with E-state index < -0.39 is 45.0 Å². The van der Waals surface area contributed by atoms with Crippen LogP contribution in [0.3, 0.4) is 0 Å². The zero-order chi connectivity index (χ0) is 31.4. The van der Waals surface area contributed by atoms with Crippen molar-refractivity contribution in [2.75, 3.05) is 5.73 Å². The number of azo groups is 2. The van der Waals surface area contributed by atoms with Gasteiger partial charge in [0.25, 0.3) is 0 Å². The first-order chi connectivity index (χ1) is 20.1. The molecule has 20 heteroatoms. The van der Waals surface area contributed by atoms with Gasteiger partial charge in [-0.05, 0) is 83.9 Å². The molecule has 14 nitrogen and oxygen atoms in total. The van der Waals surface area contributed by atoms with E-state index in [2.05, 4.69) is 20.5 Å². The van der Waals surface area contributed by atoms with Crippen molar-refractivity contribution in [3.8, 4) is 0 Å². The molecule has 0 fully saturated rings. The summed E-state index contributed by atoms with van der Waals surface area (Å²) in [7, 11) is -14.5. The second-order valence-corrected chi connectivity index (χ2v) is 12.7. The first kappa shape index (κ1) is 42.4. The Kier molecular flexibility index (Phi) is 16.3. The number of hydrogen-bond donors (Lipinski definition) is 1. The van der Waals surface area contributed by atoms with Crippen LogP contribution in [-0.2, 0) is 30.4 Å². The molecule has 0 aliphatic carbocycles. The third kappa shape index (κ3) is 12.1. The van der Waals surface area contributed by atoms with Crippen LogP contribution in [0.1, 0.15) is 11.1 Å². The molecule has 0 bridgehead atoms. The first-order valence-electron chi connectivity index (χ1n) is 11.7. The average Bonchev–Trinajstić information content (AvgIpc) is 2.94. The Labute approximate surface area is 331 Å². The minimum atomic E-state index is -5.00. The van der Waals surface area contributed by atoms with E-state index in [1.807, 2.05) is 0 Å². The molecule has 0 aliphatic heterocycles. The van der Waals surface area contributed by atoms with Crippen molar-refractivity contribution in [2.45, 2.75) is 14.7 Å². The number of rotatable bonds is 9. The van der Waals surface area contributed by atoms with E-state index in [1.54, 1.807) is 12.1 Å². The van der Waals surface area contributed by atoms with E-state index in [4.69, 9.17) is 5.73 Å². The molecule has 0 atom stereocenters. The summed E-state index contributed by atoms with van der Waals surface area (Å²) in [5.74, 6) is 0. The topological polar surface area (TPSA) is 247 Å². The Morgan fingerprint density at radius 2 is 0.826 bits per heavy atom. The number of anilines is 1. The fourth-order valence-corrected chi connectivity index (χ4v) is 5.38. The Morgan fingerprint density at radius 1 is 0.478 bits per heavy atom. The number of nitrogen functional groups attached to an aromatic ring is 1. The first-order valence-corrected chi connectivity index (χ1v) is 15.9. The van der Waals surface area contributed by atoms with E-state index in [0.717, 1.165) is 24.3 Å². The van der Waals surface area contributed by atoms with Gasteiger partial charge in [-0.1, -0.05) is 24.3 Å².